The fraction of sp³-hybridized carbons (Fsp3) is 0.429. The summed E-state index contributed by atoms with van der Waals surface area (Å²) in [7, 11) is 0. The summed E-state index contributed by atoms with van der Waals surface area (Å²) in [5.41, 5.74) is 0.798. The third-order valence-corrected chi connectivity index (χ3v) is 4.66. The zero-order chi connectivity index (χ0) is 15.1. The zero-order valence-corrected chi connectivity index (χ0v) is 12.9. The van der Waals surface area contributed by atoms with E-state index >= 15 is 0 Å². The number of hydrogen-bond acceptors (Lipinski definition) is 6. The number of carbonyl (C=O) groups excluding carboxylic acids is 1. The van der Waals surface area contributed by atoms with Crippen molar-refractivity contribution in [3.05, 3.63) is 35.2 Å². The molecule has 8 heteroatoms. The molecular formula is C14H15N5O2S. The molecule has 1 aliphatic heterocycles. The molecule has 1 atom stereocenters. The van der Waals surface area contributed by atoms with Gasteiger partial charge in [0.2, 0.25) is 11.8 Å². The molecular weight excluding hydrogens is 302 g/mol. The normalized spacial score (nSPS) is 18.4. The molecule has 0 radical (unpaired) electrons. The van der Waals surface area contributed by atoms with Gasteiger partial charge in [-0.25, -0.2) is 4.98 Å². The number of imidazole rings is 1. The Morgan fingerprint density at radius 2 is 2.41 bits per heavy atom. The van der Waals surface area contributed by atoms with Gasteiger partial charge in [-0.1, -0.05) is 5.16 Å². The summed E-state index contributed by atoms with van der Waals surface area (Å²) in [5.74, 6) is 1.20. The van der Waals surface area contributed by atoms with E-state index < -0.39 is 0 Å². The van der Waals surface area contributed by atoms with E-state index in [1.165, 1.54) is 0 Å². The van der Waals surface area contributed by atoms with Crippen molar-refractivity contribution in [3.63, 3.8) is 0 Å². The maximum Gasteiger partial charge on any atom is 0.229 e. The van der Waals surface area contributed by atoms with Crippen LogP contribution in [0.4, 0.5) is 0 Å². The Hall–Kier alpha value is -2.22. The van der Waals surface area contributed by atoms with Gasteiger partial charge in [-0.15, -0.1) is 11.3 Å². The third kappa shape index (κ3) is 2.29. The van der Waals surface area contributed by atoms with Gasteiger partial charge in [-0.2, -0.15) is 4.98 Å². The van der Waals surface area contributed by atoms with Crippen LogP contribution in [0.3, 0.4) is 0 Å². The fourth-order valence-electron chi connectivity index (χ4n) is 2.90. The van der Waals surface area contributed by atoms with Gasteiger partial charge in [0.1, 0.15) is 0 Å². The number of aryl methyl sites for hydroxylation is 1. The van der Waals surface area contributed by atoms with Gasteiger partial charge in [0.15, 0.2) is 10.8 Å². The van der Waals surface area contributed by atoms with Gasteiger partial charge in [0.25, 0.3) is 0 Å². The van der Waals surface area contributed by atoms with E-state index in [0.29, 0.717) is 18.1 Å². The molecule has 0 unspecified atom stereocenters. The molecule has 1 saturated heterocycles. The van der Waals surface area contributed by atoms with Crippen LogP contribution in [0.2, 0.25) is 0 Å². The summed E-state index contributed by atoms with van der Waals surface area (Å²) in [5, 5.41) is 5.94. The number of nitrogens with zero attached hydrogens (tertiary/aromatic N) is 5. The summed E-state index contributed by atoms with van der Waals surface area (Å²) >= 11 is 1.56. The number of likely N-dealkylation sites (tertiary alicyclic amines) is 1. The number of hydrogen-bond donors (Lipinski definition) is 0. The minimum absolute atomic E-state index is 0.0655. The summed E-state index contributed by atoms with van der Waals surface area (Å²) in [6.45, 7) is 2.49. The largest absolute Gasteiger partial charge is 0.340 e. The summed E-state index contributed by atoms with van der Waals surface area (Å²) in [6.07, 6.45) is 6.00. The quantitative estimate of drug-likeness (QED) is 0.738. The van der Waals surface area contributed by atoms with Crippen molar-refractivity contribution in [2.24, 2.45) is 0 Å². The third-order valence-electron chi connectivity index (χ3n) is 3.89. The lowest BCUT2D eigenvalue weighted by Crippen LogP contribution is -2.32. The smallest absolute Gasteiger partial charge is 0.229 e. The Morgan fingerprint density at radius 3 is 3.18 bits per heavy atom. The van der Waals surface area contributed by atoms with Crippen molar-refractivity contribution in [1.29, 1.82) is 0 Å². The second-order valence-corrected chi connectivity index (χ2v) is 6.29. The molecule has 0 aliphatic carbocycles. The van der Waals surface area contributed by atoms with Crippen molar-refractivity contribution < 1.29 is 9.32 Å². The van der Waals surface area contributed by atoms with Gasteiger partial charge < -0.3 is 9.42 Å². The van der Waals surface area contributed by atoms with Gasteiger partial charge in [0.05, 0.1) is 18.2 Å². The monoisotopic (exact) mass is 317 g/mol. The molecule has 3 aromatic heterocycles. The van der Waals surface area contributed by atoms with E-state index in [2.05, 4.69) is 15.1 Å². The topological polar surface area (TPSA) is 76.5 Å². The van der Waals surface area contributed by atoms with E-state index in [-0.39, 0.29) is 11.9 Å². The maximum atomic E-state index is 12.6. The molecule has 7 nitrogen and oxygen atoms in total. The van der Waals surface area contributed by atoms with Crippen LogP contribution in [0.25, 0.3) is 4.96 Å². The maximum absolute atomic E-state index is 12.6. The number of aromatic nitrogens is 4. The van der Waals surface area contributed by atoms with Crippen molar-refractivity contribution in [1.82, 2.24) is 24.4 Å². The highest BCUT2D eigenvalue weighted by molar-refractivity contribution is 7.15. The minimum atomic E-state index is -0.0753. The number of carbonyl (C=O) groups is 1. The highest BCUT2D eigenvalue weighted by Gasteiger charge is 2.33. The van der Waals surface area contributed by atoms with Crippen molar-refractivity contribution in [2.45, 2.75) is 32.2 Å². The molecule has 22 heavy (non-hydrogen) atoms. The van der Waals surface area contributed by atoms with Crippen molar-refractivity contribution in [2.75, 3.05) is 6.54 Å². The standard InChI is InChI=1S/C14H15N5O2S/c1-9-15-13(17-21-9)11-3-2-4-19(11)12(20)7-10-8-18-5-6-22-14(18)16-10/h5-6,8,11H,2-4,7H2,1H3/t11-/m1/s1. The molecule has 0 bridgehead atoms. The average molecular weight is 317 g/mol. The van der Waals surface area contributed by atoms with E-state index in [4.69, 9.17) is 4.52 Å². The van der Waals surface area contributed by atoms with Gasteiger partial charge >= 0.3 is 0 Å². The first kappa shape index (κ1) is 13.4. The van der Waals surface area contributed by atoms with Crippen molar-refractivity contribution >= 4 is 22.2 Å². The number of thiazole rings is 1. The van der Waals surface area contributed by atoms with Crippen LogP contribution in [0.5, 0.6) is 0 Å². The van der Waals surface area contributed by atoms with Crippen LogP contribution < -0.4 is 0 Å². The number of amides is 1. The molecule has 4 rings (SSSR count). The van der Waals surface area contributed by atoms with Crippen molar-refractivity contribution in [3.8, 4) is 0 Å². The lowest BCUT2D eigenvalue weighted by Gasteiger charge is -2.21. The van der Waals surface area contributed by atoms with E-state index in [9.17, 15) is 4.79 Å². The average Bonchev–Trinajstić information content (AvgIpc) is 3.19. The fourth-order valence-corrected chi connectivity index (χ4v) is 3.62. The van der Waals surface area contributed by atoms with Crippen LogP contribution in [0.1, 0.15) is 36.3 Å². The van der Waals surface area contributed by atoms with Crippen LogP contribution in [-0.4, -0.2) is 36.9 Å². The number of rotatable bonds is 3. The second-order valence-electron chi connectivity index (χ2n) is 5.42. The molecule has 1 aliphatic rings. The van der Waals surface area contributed by atoms with Crippen LogP contribution in [-0.2, 0) is 11.2 Å². The highest BCUT2D eigenvalue weighted by atomic mass is 32.1. The first-order valence-electron chi connectivity index (χ1n) is 7.21. The summed E-state index contributed by atoms with van der Waals surface area (Å²) in [4.78, 5) is 24.1. The van der Waals surface area contributed by atoms with E-state index in [1.54, 1.807) is 18.3 Å². The number of fused-ring (bicyclic) bond motifs is 1. The molecule has 0 spiro atoms. The summed E-state index contributed by atoms with van der Waals surface area (Å²) in [6, 6.07) is -0.0753. The molecule has 4 heterocycles. The van der Waals surface area contributed by atoms with E-state index in [0.717, 1.165) is 30.0 Å². The zero-order valence-electron chi connectivity index (χ0n) is 12.1. The SMILES string of the molecule is Cc1nc([C@H]2CCCN2C(=O)Cc2cn3ccsc3n2)no1. The lowest BCUT2D eigenvalue weighted by molar-refractivity contribution is -0.131. The predicted octanol–water partition coefficient (Wildman–Crippen LogP) is 1.99. The Balaban J connectivity index is 1.52. The first-order valence-corrected chi connectivity index (χ1v) is 8.09. The second kappa shape index (κ2) is 5.20. The van der Waals surface area contributed by atoms with Gasteiger partial charge in [-0.05, 0) is 12.8 Å². The molecule has 114 valence electrons. The molecule has 1 amide bonds. The van der Waals surface area contributed by atoms with Crippen LogP contribution in [0.15, 0.2) is 22.3 Å². The molecule has 0 saturated carbocycles. The van der Waals surface area contributed by atoms with Crippen LogP contribution in [0, 0.1) is 6.92 Å². The molecule has 3 aromatic rings. The van der Waals surface area contributed by atoms with Gasteiger partial charge in [-0.3, -0.25) is 9.20 Å². The summed E-state index contributed by atoms with van der Waals surface area (Å²) < 4.78 is 6.98. The first-order chi connectivity index (χ1) is 10.7. The molecule has 0 N–H and O–H groups in total. The Bertz CT molecular complexity index is 792. The molecule has 0 aromatic carbocycles. The Kier molecular flexibility index (Phi) is 3.18. The Labute approximate surface area is 130 Å². The van der Waals surface area contributed by atoms with Crippen LogP contribution >= 0.6 is 11.3 Å². The highest BCUT2D eigenvalue weighted by Crippen LogP contribution is 2.30. The predicted molar refractivity (Wildman–Crippen MR) is 79.5 cm³/mol. The van der Waals surface area contributed by atoms with Gasteiger partial charge in [0, 0.05) is 31.2 Å². The van der Waals surface area contributed by atoms with E-state index in [1.807, 2.05) is 27.1 Å². The Morgan fingerprint density at radius 1 is 1.50 bits per heavy atom. The minimum Gasteiger partial charge on any atom is -0.340 e. The molecule has 1 fully saturated rings. The lowest BCUT2D eigenvalue weighted by atomic mass is 10.2.